The molecule has 1 aliphatic heterocycles. The van der Waals surface area contributed by atoms with Gasteiger partial charge in [-0.15, -0.1) is 0 Å². The molecule has 128 valence electrons. The van der Waals surface area contributed by atoms with Crippen LogP contribution in [0.4, 0.5) is 5.69 Å². The van der Waals surface area contributed by atoms with Crippen molar-refractivity contribution in [1.29, 1.82) is 0 Å². The van der Waals surface area contributed by atoms with Crippen molar-refractivity contribution in [3.8, 4) is 0 Å². The smallest absolute Gasteiger partial charge is 0.268 e. The zero-order chi connectivity index (χ0) is 18.4. The molecule has 1 aliphatic rings. The van der Waals surface area contributed by atoms with Crippen molar-refractivity contribution in [2.45, 2.75) is 4.90 Å². The molecule has 25 heavy (non-hydrogen) atoms. The van der Waals surface area contributed by atoms with Gasteiger partial charge in [-0.1, -0.05) is 35.3 Å². The average molecular weight is 397 g/mol. The number of nitrogens with zero attached hydrogens (tertiary/aromatic N) is 1. The van der Waals surface area contributed by atoms with Gasteiger partial charge in [0.25, 0.3) is 11.8 Å². The molecule has 1 heterocycles. The number of nitrogens with two attached hydrogens (primary N) is 1. The minimum atomic E-state index is -3.88. The van der Waals surface area contributed by atoms with Crippen molar-refractivity contribution >= 4 is 56.3 Å². The Morgan fingerprint density at radius 3 is 1.92 bits per heavy atom. The molecule has 0 atom stereocenters. The van der Waals surface area contributed by atoms with E-state index in [-0.39, 0.29) is 21.2 Å². The van der Waals surface area contributed by atoms with Gasteiger partial charge in [0.1, 0.15) is 5.03 Å². The molecule has 0 bridgehead atoms. The normalized spacial score (nSPS) is 15.2. The predicted octanol–water partition coefficient (Wildman–Crippen LogP) is 2.51. The Kier molecular flexibility index (Phi) is 4.42. The zero-order valence-electron chi connectivity index (χ0n) is 12.4. The lowest BCUT2D eigenvalue weighted by Crippen LogP contribution is -2.31. The molecule has 0 fully saturated rings. The van der Waals surface area contributed by atoms with Crippen LogP contribution in [0.25, 0.3) is 5.57 Å². The van der Waals surface area contributed by atoms with E-state index in [1.807, 2.05) is 0 Å². The Bertz CT molecular complexity index is 1010. The van der Waals surface area contributed by atoms with Crippen LogP contribution < -0.4 is 10.0 Å². The minimum absolute atomic E-state index is 0.0545. The summed E-state index contributed by atoms with van der Waals surface area (Å²) in [6.45, 7) is 0. The molecular weight excluding hydrogens is 387 g/mol. The quantitative estimate of drug-likeness (QED) is 0.805. The first-order valence-corrected chi connectivity index (χ1v) is 9.18. The molecule has 0 saturated carbocycles. The van der Waals surface area contributed by atoms with Gasteiger partial charge in [-0.2, -0.15) is 0 Å². The first-order valence-electron chi connectivity index (χ1n) is 6.87. The second kappa shape index (κ2) is 6.27. The zero-order valence-corrected chi connectivity index (χ0v) is 14.8. The van der Waals surface area contributed by atoms with E-state index in [9.17, 15) is 18.0 Å². The number of rotatable bonds is 3. The van der Waals surface area contributed by atoms with Gasteiger partial charge in [0, 0.05) is 5.02 Å². The van der Waals surface area contributed by atoms with Gasteiger partial charge < -0.3 is 0 Å². The molecule has 2 N–H and O–H groups in total. The van der Waals surface area contributed by atoms with Gasteiger partial charge in [0.2, 0.25) is 10.0 Å². The fourth-order valence-electron chi connectivity index (χ4n) is 2.39. The molecule has 2 amide bonds. The van der Waals surface area contributed by atoms with E-state index in [1.165, 1.54) is 24.3 Å². The van der Waals surface area contributed by atoms with E-state index in [4.69, 9.17) is 28.3 Å². The summed E-state index contributed by atoms with van der Waals surface area (Å²) in [4.78, 5) is 25.8. The maximum absolute atomic E-state index is 12.7. The highest BCUT2D eigenvalue weighted by Crippen LogP contribution is 2.35. The lowest BCUT2D eigenvalue weighted by molar-refractivity contribution is -0.119. The van der Waals surface area contributed by atoms with Gasteiger partial charge in [-0.3, -0.25) is 9.59 Å². The molecule has 0 unspecified atom stereocenters. The maximum atomic E-state index is 12.7. The molecule has 0 spiro atoms. The largest absolute Gasteiger partial charge is 0.277 e. The molecule has 0 radical (unpaired) electrons. The first kappa shape index (κ1) is 17.6. The number of carbonyl (C=O) groups excluding carboxylic acids is 2. The number of benzene rings is 2. The van der Waals surface area contributed by atoms with E-state index in [2.05, 4.69) is 0 Å². The minimum Gasteiger partial charge on any atom is -0.268 e. The number of imide groups is 1. The van der Waals surface area contributed by atoms with E-state index in [0.29, 0.717) is 10.6 Å². The second-order valence-corrected chi connectivity index (χ2v) is 7.56. The first-order chi connectivity index (χ1) is 11.7. The third-order valence-electron chi connectivity index (χ3n) is 3.58. The fourth-order valence-corrected chi connectivity index (χ4v) is 3.31. The van der Waals surface area contributed by atoms with Crippen LogP contribution in [0.3, 0.4) is 0 Å². The molecule has 2 aromatic carbocycles. The number of amides is 2. The van der Waals surface area contributed by atoms with Crippen LogP contribution in [0.1, 0.15) is 5.56 Å². The van der Waals surface area contributed by atoms with Gasteiger partial charge in [-0.25, -0.2) is 18.5 Å². The van der Waals surface area contributed by atoms with Crippen molar-refractivity contribution in [2.75, 3.05) is 4.90 Å². The monoisotopic (exact) mass is 396 g/mol. The highest BCUT2D eigenvalue weighted by atomic mass is 35.5. The van der Waals surface area contributed by atoms with Crippen LogP contribution in [-0.4, -0.2) is 20.2 Å². The molecule has 0 saturated heterocycles. The number of carbonyl (C=O) groups is 2. The topological polar surface area (TPSA) is 97.5 Å². The summed E-state index contributed by atoms with van der Waals surface area (Å²) in [7, 11) is -3.88. The lowest BCUT2D eigenvalue weighted by atomic mass is 10.1. The van der Waals surface area contributed by atoms with Crippen molar-refractivity contribution < 1.29 is 18.0 Å². The van der Waals surface area contributed by atoms with Crippen LogP contribution in [0.15, 0.2) is 58.5 Å². The Morgan fingerprint density at radius 1 is 0.840 bits per heavy atom. The molecule has 6 nitrogen and oxygen atoms in total. The molecule has 3 rings (SSSR count). The lowest BCUT2D eigenvalue weighted by Gasteiger charge is -2.15. The molecule has 0 aromatic heterocycles. The number of anilines is 1. The Morgan fingerprint density at radius 2 is 1.40 bits per heavy atom. The van der Waals surface area contributed by atoms with Gasteiger partial charge in [0.15, 0.2) is 0 Å². The van der Waals surface area contributed by atoms with Crippen molar-refractivity contribution in [3.63, 3.8) is 0 Å². The summed E-state index contributed by atoms with van der Waals surface area (Å²) in [6.07, 6.45) is 0. The maximum Gasteiger partial charge on any atom is 0.277 e. The van der Waals surface area contributed by atoms with Crippen molar-refractivity contribution in [3.05, 3.63) is 64.1 Å². The van der Waals surface area contributed by atoms with Crippen LogP contribution in [-0.2, 0) is 19.6 Å². The van der Waals surface area contributed by atoms with E-state index < -0.39 is 21.8 Å². The number of halogens is 2. The highest BCUT2D eigenvalue weighted by Gasteiger charge is 2.39. The number of hydrogen-bond acceptors (Lipinski definition) is 4. The summed E-state index contributed by atoms with van der Waals surface area (Å²) in [5, 5.41) is 5.29. The Balaban J connectivity index is 2.00. The summed E-state index contributed by atoms with van der Waals surface area (Å²) in [6, 6.07) is 11.4. The standard InChI is InChI=1S/C16H10Cl2N2O4S/c17-10-3-1-9(2-4-10)13-14(18)16(22)20(15(13)21)11-5-7-12(8-6-11)25(19,23)24/h1-8H,(H2,19,23,24). The molecular formula is C16H10Cl2N2O4S. The van der Waals surface area contributed by atoms with E-state index in [0.717, 1.165) is 4.90 Å². The molecule has 2 aromatic rings. The number of primary sulfonamides is 1. The fraction of sp³-hybridized carbons (Fsp3) is 0. The number of hydrogen-bond donors (Lipinski definition) is 1. The van der Waals surface area contributed by atoms with Crippen molar-refractivity contribution in [2.24, 2.45) is 5.14 Å². The van der Waals surface area contributed by atoms with Gasteiger partial charge in [0.05, 0.1) is 16.2 Å². The molecule has 0 aliphatic carbocycles. The Labute approximate surface area is 153 Å². The third-order valence-corrected chi connectivity index (χ3v) is 5.12. The Hall–Kier alpha value is -2.19. The van der Waals surface area contributed by atoms with Crippen LogP contribution in [0.2, 0.25) is 5.02 Å². The summed E-state index contributed by atoms with van der Waals surface area (Å²) < 4.78 is 22.6. The van der Waals surface area contributed by atoms with Gasteiger partial charge >= 0.3 is 0 Å². The molecule has 9 heteroatoms. The van der Waals surface area contributed by atoms with Crippen LogP contribution >= 0.6 is 23.2 Å². The summed E-state index contributed by atoms with van der Waals surface area (Å²) in [5.41, 5.74) is 0.694. The van der Waals surface area contributed by atoms with Crippen molar-refractivity contribution in [1.82, 2.24) is 0 Å². The second-order valence-electron chi connectivity index (χ2n) is 5.18. The summed E-state index contributed by atoms with van der Waals surface area (Å²) >= 11 is 11.9. The van der Waals surface area contributed by atoms with E-state index in [1.54, 1.807) is 24.3 Å². The average Bonchev–Trinajstić information content (AvgIpc) is 2.78. The number of sulfonamides is 1. The van der Waals surface area contributed by atoms with Crippen LogP contribution in [0.5, 0.6) is 0 Å². The van der Waals surface area contributed by atoms with Crippen LogP contribution in [0, 0.1) is 0 Å². The van der Waals surface area contributed by atoms with E-state index >= 15 is 0 Å². The SMILES string of the molecule is NS(=O)(=O)c1ccc(N2C(=O)C(Cl)=C(c3ccc(Cl)cc3)C2=O)cc1. The highest BCUT2D eigenvalue weighted by molar-refractivity contribution is 7.89. The summed E-state index contributed by atoms with van der Waals surface area (Å²) in [5.74, 6) is -1.30. The third kappa shape index (κ3) is 3.19. The van der Waals surface area contributed by atoms with Gasteiger partial charge in [-0.05, 0) is 42.0 Å². The predicted molar refractivity (Wildman–Crippen MR) is 94.5 cm³/mol.